The molecule has 0 saturated heterocycles. The summed E-state index contributed by atoms with van der Waals surface area (Å²) in [4.78, 5) is 0. The van der Waals surface area contributed by atoms with Crippen LogP contribution in [0.15, 0.2) is 23.8 Å². The molecule has 153 valence electrons. The summed E-state index contributed by atoms with van der Waals surface area (Å²) >= 11 is 0. The predicted octanol–water partition coefficient (Wildman–Crippen LogP) is 6.88. The van der Waals surface area contributed by atoms with E-state index in [-0.39, 0.29) is 49.6 Å². The summed E-state index contributed by atoms with van der Waals surface area (Å²) in [5, 5.41) is 10.7. The number of hydrogen-bond acceptors (Lipinski definition) is 2. The van der Waals surface area contributed by atoms with Crippen LogP contribution in [0, 0.1) is 12.8 Å². The van der Waals surface area contributed by atoms with Crippen LogP contribution in [0.4, 0.5) is 8.78 Å². The molecule has 0 aromatic heterocycles. The summed E-state index contributed by atoms with van der Waals surface area (Å²) in [7, 11) is 0. The Kier molecular flexibility index (Phi) is 7.64. The molecular weight excluding hydrogens is 435 g/mol. The van der Waals surface area contributed by atoms with Gasteiger partial charge in [-0.25, -0.2) is 18.6 Å². The van der Waals surface area contributed by atoms with Crippen LogP contribution < -0.4 is 4.74 Å². The van der Waals surface area contributed by atoms with Crippen LogP contribution in [0.2, 0.25) is 0 Å². The molecular formula is C23H31F2O2Y-. The number of halogens is 2. The number of hydrogen-bond donors (Lipinski definition) is 1. The molecule has 1 aromatic carbocycles. The number of phenols is 1. The van der Waals surface area contributed by atoms with Crippen molar-refractivity contribution < 1.29 is 51.3 Å². The van der Waals surface area contributed by atoms with Crippen LogP contribution in [0.1, 0.15) is 82.8 Å². The first-order chi connectivity index (χ1) is 12.7. The summed E-state index contributed by atoms with van der Waals surface area (Å²) in [6.45, 7) is 10.3. The summed E-state index contributed by atoms with van der Waals surface area (Å²) in [5.74, 6) is -1.33. The van der Waals surface area contributed by atoms with E-state index in [4.69, 9.17) is 4.74 Å². The van der Waals surface area contributed by atoms with Gasteiger partial charge < -0.3 is 9.84 Å². The fourth-order valence-electron chi connectivity index (χ4n) is 4.42. The Balaban J connectivity index is 0.00000280. The first kappa shape index (κ1) is 23.7. The van der Waals surface area contributed by atoms with E-state index in [2.05, 4.69) is 27.7 Å². The van der Waals surface area contributed by atoms with Crippen LogP contribution in [-0.2, 0) is 38.1 Å². The van der Waals surface area contributed by atoms with Crippen LogP contribution >= 0.6 is 0 Å². The second-order valence-corrected chi connectivity index (χ2v) is 8.76. The number of alkyl halides is 2. The van der Waals surface area contributed by atoms with Crippen molar-refractivity contribution in [3.63, 3.8) is 0 Å². The van der Waals surface area contributed by atoms with E-state index in [0.29, 0.717) is 18.4 Å². The van der Waals surface area contributed by atoms with Crippen molar-refractivity contribution >= 4 is 0 Å². The van der Waals surface area contributed by atoms with E-state index in [9.17, 15) is 13.9 Å². The van der Waals surface area contributed by atoms with E-state index in [1.54, 1.807) is 18.2 Å². The molecule has 1 aliphatic carbocycles. The number of allylic oxidation sites excluding steroid dienone is 2. The first-order valence-electron chi connectivity index (χ1n) is 10.1. The standard InChI is InChI=1S/C23H31F2O2.Y/c1-5-6-7-8-11-22(3,4)16-13-19(26)21-17-12-15(2)9-10-18(17)23(24,25)27-20(21)14-16;/h12-14,17-18,26H,2,5-11H2,1,3-4H3;/q-1;. The molecule has 5 heteroatoms. The van der Waals surface area contributed by atoms with Crippen LogP contribution in [0.5, 0.6) is 11.5 Å². The van der Waals surface area contributed by atoms with Gasteiger partial charge in [0.2, 0.25) is 0 Å². The Morgan fingerprint density at radius 3 is 2.64 bits per heavy atom. The van der Waals surface area contributed by atoms with Crippen molar-refractivity contribution in [2.75, 3.05) is 0 Å². The van der Waals surface area contributed by atoms with E-state index in [0.717, 1.165) is 30.4 Å². The average molecular weight is 466 g/mol. The third-order valence-electron chi connectivity index (χ3n) is 6.19. The number of fused-ring (bicyclic) bond motifs is 3. The first-order valence-corrected chi connectivity index (χ1v) is 10.1. The number of phenolic OH excluding ortho intramolecular Hbond substituents is 1. The van der Waals surface area contributed by atoms with Crippen molar-refractivity contribution in [2.24, 2.45) is 5.92 Å². The van der Waals surface area contributed by atoms with Gasteiger partial charge in [-0.15, -0.1) is 0 Å². The van der Waals surface area contributed by atoms with Gasteiger partial charge in [0.25, 0.3) is 0 Å². The second-order valence-electron chi connectivity index (χ2n) is 8.76. The molecule has 0 spiro atoms. The molecule has 0 bridgehead atoms. The molecule has 0 saturated carbocycles. The smallest absolute Gasteiger partial charge is 0.400 e. The van der Waals surface area contributed by atoms with Crippen molar-refractivity contribution in [1.29, 1.82) is 0 Å². The van der Waals surface area contributed by atoms with Crippen molar-refractivity contribution in [1.82, 2.24) is 0 Å². The zero-order valence-corrected chi connectivity index (χ0v) is 20.1. The van der Waals surface area contributed by atoms with Gasteiger partial charge in [0.1, 0.15) is 11.5 Å². The zero-order chi connectivity index (χ0) is 19.8. The van der Waals surface area contributed by atoms with Gasteiger partial charge in [0.15, 0.2) is 0 Å². The number of aromatic hydroxyl groups is 1. The number of ether oxygens (including phenoxy) is 1. The Bertz CT molecular complexity index is 728. The summed E-state index contributed by atoms with van der Waals surface area (Å²) in [6, 6.07) is 3.46. The number of benzene rings is 1. The predicted molar refractivity (Wildman–Crippen MR) is 104 cm³/mol. The summed E-state index contributed by atoms with van der Waals surface area (Å²) < 4.78 is 34.4. The molecule has 2 unspecified atom stereocenters. The Labute approximate surface area is 193 Å². The Hall–Kier alpha value is -0.606. The molecule has 0 fully saturated rings. The Morgan fingerprint density at radius 1 is 1.25 bits per heavy atom. The van der Waals surface area contributed by atoms with Crippen molar-refractivity contribution in [3.05, 3.63) is 41.8 Å². The molecule has 2 atom stereocenters. The van der Waals surface area contributed by atoms with Gasteiger partial charge in [-0.3, -0.25) is 0 Å². The summed E-state index contributed by atoms with van der Waals surface area (Å²) in [6.07, 6.45) is 4.95. The molecule has 1 heterocycles. The molecule has 0 amide bonds. The average Bonchev–Trinajstić information content (AvgIpc) is 2.57. The second kappa shape index (κ2) is 9.04. The van der Waals surface area contributed by atoms with Gasteiger partial charge in [-0.05, 0) is 41.9 Å². The van der Waals surface area contributed by atoms with E-state index >= 15 is 0 Å². The minimum atomic E-state index is -3.23. The molecule has 1 aliphatic heterocycles. The Morgan fingerprint density at radius 2 is 1.96 bits per heavy atom. The number of unbranched alkanes of at least 4 members (excludes halogenated alkanes) is 3. The van der Waals surface area contributed by atoms with E-state index < -0.39 is 17.9 Å². The molecule has 2 nitrogen and oxygen atoms in total. The molecule has 1 aromatic rings. The van der Waals surface area contributed by atoms with Gasteiger partial charge in [0, 0.05) is 38.3 Å². The van der Waals surface area contributed by atoms with Crippen molar-refractivity contribution in [3.8, 4) is 11.5 Å². The number of rotatable bonds is 6. The topological polar surface area (TPSA) is 29.5 Å². The maximum atomic E-state index is 14.6. The molecule has 1 N–H and O–H groups in total. The SMILES string of the molecule is [CH2-]C1=CC2c3c(O)cc(C(C)(C)CCCCCC)cc3OC(F)(F)C2CC1.[Y]. The van der Waals surface area contributed by atoms with Gasteiger partial charge in [0.05, 0.1) is 5.92 Å². The van der Waals surface area contributed by atoms with Crippen molar-refractivity contribution in [2.45, 2.75) is 83.2 Å². The maximum absolute atomic E-state index is 14.6. The normalized spacial score (nSPS) is 23.0. The fraction of sp³-hybridized carbons (Fsp3) is 0.609. The van der Waals surface area contributed by atoms with Gasteiger partial charge in [-0.2, -0.15) is 8.78 Å². The maximum Gasteiger partial charge on any atom is 0.400 e. The third-order valence-corrected chi connectivity index (χ3v) is 6.19. The minimum absolute atomic E-state index is 0. The van der Waals surface area contributed by atoms with Crippen LogP contribution in [0.3, 0.4) is 0 Å². The minimum Gasteiger partial charge on any atom is -0.508 e. The quantitative estimate of drug-likeness (QED) is 0.366. The summed E-state index contributed by atoms with van der Waals surface area (Å²) in [5.41, 5.74) is 1.96. The molecule has 28 heavy (non-hydrogen) atoms. The molecule has 2 aliphatic rings. The molecule has 1 radical (unpaired) electrons. The van der Waals surface area contributed by atoms with Crippen LogP contribution in [-0.4, -0.2) is 11.2 Å². The monoisotopic (exact) mass is 466 g/mol. The largest absolute Gasteiger partial charge is 0.508 e. The zero-order valence-electron chi connectivity index (χ0n) is 17.2. The van der Waals surface area contributed by atoms with E-state index in [1.165, 1.54) is 12.8 Å². The third kappa shape index (κ3) is 4.75. The van der Waals surface area contributed by atoms with Gasteiger partial charge >= 0.3 is 6.11 Å². The van der Waals surface area contributed by atoms with Crippen LogP contribution in [0.25, 0.3) is 0 Å². The molecule has 3 rings (SSSR count). The van der Waals surface area contributed by atoms with E-state index in [1.807, 2.05) is 0 Å². The van der Waals surface area contributed by atoms with Gasteiger partial charge in [-0.1, -0.05) is 52.9 Å². The fourth-order valence-corrected chi connectivity index (χ4v) is 4.42.